The van der Waals surface area contributed by atoms with E-state index < -0.39 is 0 Å². The molecular weight excluding hydrogens is 1480 g/mol. The zero-order valence-electron chi connectivity index (χ0n) is 63.2. The van der Waals surface area contributed by atoms with Gasteiger partial charge in [-0.2, -0.15) is 0 Å². The maximum atomic E-state index is 7.17. The predicted octanol–water partition coefficient (Wildman–Crippen LogP) is 29.9. The van der Waals surface area contributed by atoms with Crippen LogP contribution in [0.1, 0.15) is 0 Å². The van der Waals surface area contributed by atoms with E-state index >= 15 is 0 Å². The van der Waals surface area contributed by atoms with Crippen LogP contribution in [0.15, 0.2) is 397 Å². The molecule has 8 aromatic heterocycles. The highest BCUT2D eigenvalue weighted by Crippen LogP contribution is 2.51. The number of hydrogen-bond donors (Lipinski definition) is 0. The normalized spacial score (nSPS) is 11.9. The predicted molar refractivity (Wildman–Crippen MR) is 494 cm³/mol. The van der Waals surface area contributed by atoms with Crippen LogP contribution >= 0.6 is 22.7 Å². The third-order valence-corrected chi connectivity index (χ3v) is 25.5. The van der Waals surface area contributed by atoms with Crippen LogP contribution in [0.4, 0.5) is 34.1 Å². The molecule has 0 amide bonds. The number of furan rings is 2. The Balaban J connectivity index is 0.000000135. The van der Waals surface area contributed by atoms with Crippen LogP contribution in [0.2, 0.25) is 0 Å². The summed E-state index contributed by atoms with van der Waals surface area (Å²) in [4.78, 5) is 26.4. The number of anilines is 6. The molecular formula is C106H64N8O2S2. The van der Waals surface area contributed by atoms with Crippen LogP contribution in [-0.2, 0) is 0 Å². The molecule has 17 aromatic carbocycles. The average molecular weight is 1550 g/mol. The number of rotatable bonds is 11. The van der Waals surface area contributed by atoms with E-state index in [9.17, 15) is 0 Å². The van der Waals surface area contributed by atoms with Crippen LogP contribution in [0, 0.1) is 0 Å². The SMILES string of the molecule is c1ccc(-c2ccc(-c3nc(-n4c5ccccc5c5c6oc7c8ccccc8c(N(c8ccccc8)c8ccccc8)cc7c6ccc54)nc4c3sc3ccccc34)cc2)cc1.c1ccc(-c2nc(-n3c4ccccc4c4c5oc6c7ccccc7c(N(c7ccccc7)c7ccccc7)cc6c5ccc43)nc3c2sc2ccccc23)cc1. The zero-order chi connectivity index (χ0) is 77.5. The quantitative estimate of drug-likeness (QED) is 0.126. The number of aromatic nitrogens is 6. The smallest absolute Gasteiger partial charge is 0.235 e. The van der Waals surface area contributed by atoms with Gasteiger partial charge in [0.05, 0.1) is 76.0 Å². The topological polar surface area (TPSA) is 94.2 Å². The summed E-state index contributed by atoms with van der Waals surface area (Å²) in [6.45, 7) is 0. The molecule has 25 aromatic rings. The van der Waals surface area contributed by atoms with Gasteiger partial charge in [0.15, 0.2) is 0 Å². The first-order valence-corrected chi connectivity index (χ1v) is 41.2. The molecule has 0 radical (unpaired) electrons. The monoisotopic (exact) mass is 1540 g/mol. The van der Waals surface area contributed by atoms with Gasteiger partial charge in [0.1, 0.15) is 22.3 Å². The number of para-hydroxylation sites is 6. The van der Waals surface area contributed by atoms with Gasteiger partial charge in [-0.15, -0.1) is 22.7 Å². The summed E-state index contributed by atoms with van der Waals surface area (Å²) in [7, 11) is 0. The van der Waals surface area contributed by atoms with Crippen molar-refractivity contribution in [3.8, 4) is 45.5 Å². The molecule has 8 heterocycles. The number of benzene rings is 17. The molecule has 0 bridgehead atoms. The van der Waals surface area contributed by atoms with Crippen molar-refractivity contribution >= 4 is 206 Å². The van der Waals surface area contributed by atoms with E-state index in [0.717, 1.165) is 197 Å². The minimum atomic E-state index is 0.624. The van der Waals surface area contributed by atoms with Gasteiger partial charge in [0, 0.05) is 108 Å². The van der Waals surface area contributed by atoms with Gasteiger partial charge in [-0.25, -0.2) is 19.9 Å². The van der Waals surface area contributed by atoms with Crippen molar-refractivity contribution in [1.29, 1.82) is 0 Å². The minimum Gasteiger partial charge on any atom is -0.455 e. The number of hydrogen-bond acceptors (Lipinski definition) is 10. The summed E-state index contributed by atoms with van der Waals surface area (Å²) in [6, 6.07) is 137. The van der Waals surface area contributed by atoms with Crippen LogP contribution in [0.5, 0.6) is 0 Å². The van der Waals surface area contributed by atoms with Crippen molar-refractivity contribution in [2.24, 2.45) is 0 Å². The second-order valence-corrected chi connectivity index (χ2v) is 31.9. The van der Waals surface area contributed by atoms with E-state index in [-0.39, 0.29) is 0 Å². The van der Waals surface area contributed by atoms with Gasteiger partial charge in [-0.3, -0.25) is 9.13 Å². The summed E-state index contributed by atoms with van der Waals surface area (Å²) in [5, 5.41) is 15.1. The van der Waals surface area contributed by atoms with Gasteiger partial charge in [0.25, 0.3) is 0 Å². The highest BCUT2D eigenvalue weighted by molar-refractivity contribution is 7.26. The van der Waals surface area contributed by atoms with E-state index in [2.05, 4.69) is 401 Å². The summed E-state index contributed by atoms with van der Waals surface area (Å²) >= 11 is 3.50. The van der Waals surface area contributed by atoms with Crippen molar-refractivity contribution in [1.82, 2.24) is 29.1 Å². The van der Waals surface area contributed by atoms with Crippen molar-refractivity contribution in [3.63, 3.8) is 0 Å². The second kappa shape index (κ2) is 27.2. The average Bonchev–Trinajstić information content (AvgIpc) is 1.55. The minimum absolute atomic E-state index is 0.624. The molecule has 0 unspecified atom stereocenters. The van der Waals surface area contributed by atoms with Crippen LogP contribution < -0.4 is 9.80 Å². The first-order chi connectivity index (χ1) is 58.6. The van der Waals surface area contributed by atoms with Gasteiger partial charge in [-0.1, -0.05) is 279 Å². The first kappa shape index (κ1) is 67.2. The Labute approximate surface area is 683 Å². The number of nitrogens with zero attached hydrogens (tertiary/aromatic N) is 8. The number of thiophene rings is 2. The van der Waals surface area contributed by atoms with Crippen molar-refractivity contribution in [3.05, 3.63) is 388 Å². The highest BCUT2D eigenvalue weighted by Gasteiger charge is 2.29. The lowest BCUT2D eigenvalue weighted by Crippen LogP contribution is -2.10. The Morgan fingerprint density at radius 1 is 0.229 bits per heavy atom. The lowest BCUT2D eigenvalue weighted by atomic mass is 10.0. The lowest BCUT2D eigenvalue weighted by molar-refractivity contribution is 0.676. The maximum absolute atomic E-state index is 7.17. The summed E-state index contributed by atoms with van der Waals surface area (Å²) in [5.41, 5.74) is 22.2. The van der Waals surface area contributed by atoms with Crippen LogP contribution in [-0.4, -0.2) is 29.1 Å². The van der Waals surface area contributed by atoms with Gasteiger partial charge in [-0.05, 0) is 120 Å². The Morgan fingerprint density at radius 3 is 0.941 bits per heavy atom. The Hall–Kier alpha value is -15.3. The molecule has 0 aliphatic rings. The summed E-state index contributed by atoms with van der Waals surface area (Å²) in [5.74, 6) is 1.26. The molecule has 0 saturated heterocycles. The van der Waals surface area contributed by atoms with E-state index in [4.69, 9.17) is 28.8 Å². The fourth-order valence-electron chi connectivity index (χ4n) is 17.9. The summed E-state index contributed by atoms with van der Waals surface area (Å²) in [6.07, 6.45) is 0. The lowest BCUT2D eigenvalue weighted by Gasteiger charge is -2.27. The van der Waals surface area contributed by atoms with Crippen molar-refractivity contribution in [2.75, 3.05) is 9.80 Å². The highest BCUT2D eigenvalue weighted by atomic mass is 32.1. The second-order valence-electron chi connectivity index (χ2n) is 29.8. The molecule has 0 N–H and O–H groups in total. The molecule has 0 spiro atoms. The molecule has 0 aliphatic carbocycles. The Bertz CT molecular complexity index is 8230. The fourth-order valence-corrected chi connectivity index (χ4v) is 20.2. The van der Waals surface area contributed by atoms with E-state index in [0.29, 0.717) is 11.9 Å². The van der Waals surface area contributed by atoms with E-state index in [1.165, 1.54) is 20.5 Å². The molecule has 12 heteroatoms. The third kappa shape index (κ3) is 10.6. The van der Waals surface area contributed by atoms with Gasteiger partial charge in [0.2, 0.25) is 11.9 Å². The molecule has 0 fully saturated rings. The standard InChI is InChI=1S/C56H34N4OS.C50H30N4OS/c1-4-16-35(17-5-1)36-28-30-37(31-29-36)51-55-52(44-25-13-15-27-49(44)62-55)58-56(57-51)60-46-26-14-12-24-43(46)50-47(60)33-32-42-45-34-48(40-22-10-11-23-41(40)53(45)61-54(42)50)59(38-18-6-2-7-19-38)39-20-8-3-9-21-39;1-4-16-31(17-5-1)45-49-46(38-25-13-15-27-43(38)56-49)52-50(51-45)54-40-26-14-12-24-37(40)44-41(54)29-28-36-39-30-42(34-22-10-11-23-35(34)47(39)55-48(36)44)53(32-18-6-2-7-19-32)33-20-8-3-9-21-33/h1-34H;1-30H. The fraction of sp³-hybridized carbons (Fsp3) is 0. The molecule has 25 rings (SSSR count). The van der Waals surface area contributed by atoms with Crippen molar-refractivity contribution < 1.29 is 8.83 Å². The molecule has 0 aliphatic heterocycles. The molecule has 10 nitrogen and oxygen atoms in total. The maximum Gasteiger partial charge on any atom is 0.235 e. The van der Waals surface area contributed by atoms with Gasteiger partial charge >= 0.3 is 0 Å². The van der Waals surface area contributed by atoms with Crippen LogP contribution in [0.25, 0.3) is 195 Å². The van der Waals surface area contributed by atoms with E-state index in [1.54, 1.807) is 22.7 Å². The molecule has 118 heavy (non-hydrogen) atoms. The van der Waals surface area contributed by atoms with Crippen molar-refractivity contribution in [2.45, 2.75) is 0 Å². The summed E-state index contributed by atoms with van der Waals surface area (Å²) < 4.78 is 23.3. The zero-order valence-corrected chi connectivity index (χ0v) is 64.8. The van der Waals surface area contributed by atoms with Crippen LogP contribution in [0.3, 0.4) is 0 Å². The van der Waals surface area contributed by atoms with E-state index in [1.807, 2.05) is 6.07 Å². The Kier molecular flexibility index (Phi) is 15.5. The molecule has 552 valence electrons. The first-order valence-electron chi connectivity index (χ1n) is 39.6. The van der Waals surface area contributed by atoms with Gasteiger partial charge < -0.3 is 18.6 Å². The Morgan fingerprint density at radius 2 is 0.534 bits per heavy atom. The third-order valence-electron chi connectivity index (χ3n) is 23.2. The largest absolute Gasteiger partial charge is 0.455 e. The molecule has 0 saturated carbocycles. The molecule has 0 atom stereocenters. The number of fused-ring (bicyclic) bond motifs is 24.